The van der Waals surface area contributed by atoms with E-state index in [-0.39, 0.29) is 13.0 Å². The summed E-state index contributed by atoms with van der Waals surface area (Å²) in [6.07, 6.45) is 0.273. The highest BCUT2D eigenvalue weighted by atomic mass is 19.1. The number of nitrogens with one attached hydrogen (secondary N) is 1. The fourth-order valence-electron chi connectivity index (χ4n) is 1.44. The van der Waals surface area contributed by atoms with Crippen LogP contribution >= 0.6 is 0 Å². The molecule has 1 amide bonds. The lowest BCUT2D eigenvalue weighted by Gasteiger charge is -2.15. The minimum atomic E-state index is -1.09. The molecule has 1 aromatic carbocycles. The number of Topliss-reactive ketones (excluding diaryl/α,β-unsaturated/α-hetero) is 1. The number of carbonyl (C=O) groups excluding carboxylic acids is 2. The van der Waals surface area contributed by atoms with Crippen LogP contribution in [0, 0.1) is 0 Å². The number of hydrogen-bond acceptors (Lipinski definition) is 3. The van der Waals surface area contributed by atoms with E-state index in [9.17, 15) is 14.0 Å². The van der Waals surface area contributed by atoms with Crippen LogP contribution in [0.4, 0.5) is 4.39 Å². The fourth-order valence-corrected chi connectivity index (χ4v) is 1.44. The minimum absolute atomic E-state index is 0.217. The smallest absolute Gasteiger partial charge is 0.234 e. The third-order valence-corrected chi connectivity index (χ3v) is 2.32. The topological polar surface area (TPSA) is 72.2 Å². The van der Waals surface area contributed by atoms with Crippen LogP contribution in [0.15, 0.2) is 30.3 Å². The van der Waals surface area contributed by atoms with Gasteiger partial charge in [-0.2, -0.15) is 0 Å². The van der Waals surface area contributed by atoms with E-state index in [1.807, 2.05) is 30.3 Å². The first-order chi connectivity index (χ1) is 8.17. The summed E-state index contributed by atoms with van der Waals surface area (Å²) in [5.41, 5.74) is 6.00. The van der Waals surface area contributed by atoms with E-state index in [0.717, 1.165) is 5.56 Å². The van der Waals surface area contributed by atoms with Crippen LogP contribution in [0.25, 0.3) is 0 Å². The molecule has 3 N–H and O–H groups in total. The lowest BCUT2D eigenvalue weighted by molar-refractivity contribution is -0.127. The predicted molar refractivity (Wildman–Crippen MR) is 62.1 cm³/mol. The zero-order chi connectivity index (χ0) is 12.7. The molecule has 17 heavy (non-hydrogen) atoms. The second-order valence-electron chi connectivity index (χ2n) is 3.61. The van der Waals surface area contributed by atoms with Crippen LogP contribution in [0.3, 0.4) is 0 Å². The van der Waals surface area contributed by atoms with Crippen LogP contribution in [0.1, 0.15) is 5.56 Å². The number of benzene rings is 1. The van der Waals surface area contributed by atoms with Crippen molar-refractivity contribution in [2.24, 2.45) is 5.73 Å². The van der Waals surface area contributed by atoms with Gasteiger partial charge in [0.25, 0.3) is 0 Å². The van der Waals surface area contributed by atoms with Crippen molar-refractivity contribution < 1.29 is 14.0 Å². The zero-order valence-electron chi connectivity index (χ0n) is 9.36. The first-order valence-corrected chi connectivity index (χ1v) is 5.29. The maximum Gasteiger partial charge on any atom is 0.234 e. The molecule has 1 rings (SSSR count). The molecule has 1 aromatic rings. The van der Waals surface area contributed by atoms with Gasteiger partial charge in [0.05, 0.1) is 12.6 Å². The van der Waals surface area contributed by atoms with E-state index in [2.05, 4.69) is 5.32 Å². The monoisotopic (exact) mass is 238 g/mol. The van der Waals surface area contributed by atoms with E-state index in [4.69, 9.17) is 5.73 Å². The molecule has 92 valence electrons. The van der Waals surface area contributed by atoms with Crippen molar-refractivity contribution in [3.05, 3.63) is 35.9 Å². The van der Waals surface area contributed by atoms with E-state index in [1.54, 1.807) is 0 Å². The molecule has 0 aliphatic rings. The van der Waals surface area contributed by atoms with Crippen molar-refractivity contribution in [3.63, 3.8) is 0 Å². The molecule has 4 nitrogen and oxygen atoms in total. The van der Waals surface area contributed by atoms with Crippen molar-refractivity contribution in [1.29, 1.82) is 0 Å². The van der Waals surface area contributed by atoms with Crippen molar-refractivity contribution in [2.45, 2.75) is 12.5 Å². The molecule has 0 saturated carbocycles. The summed E-state index contributed by atoms with van der Waals surface area (Å²) in [7, 11) is 0. The predicted octanol–water partition coefficient (Wildman–Crippen LogP) is 0.211. The Kier molecular flexibility index (Phi) is 5.29. The molecular formula is C12H15FN2O2. The number of amides is 1. The van der Waals surface area contributed by atoms with Gasteiger partial charge in [0.15, 0.2) is 5.78 Å². The fraction of sp³-hybridized carbons (Fsp3) is 0.333. The van der Waals surface area contributed by atoms with Crippen molar-refractivity contribution in [2.75, 3.05) is 13.2 Å². The first-order valence-electron chi connectivity index (χ1n) is 5.29. The molecule has 0 aliphatic heterocycles. The Morgan fingerprint density at radius 2 is 1.94 bits per heavy atom. The standard InChI is InChI=1S/C12H15FN2O2/c13-7-11(16)10(15-12(17)8-14)6-9-4-2-1-3-5-9/h1-5,10H,6-8,14H2,(H,15,17)/t10-/m0/s1. The Hall–Kier alpha value is -1.75. The Morgan fingerprint density at radius 1 is 1.29 bits per heavy atom. The average Bonchev–Trinajstić information content (AvgIpc) is 2.38. The molecule has 0 radical (unpaired) electrons. The molecule has 0 bridgehead atoms. The summed E-state index contributed by atoms with van der Waals surface area (Å²) in [6, 6.07) is 8.25. The Labute approximate surface area is 99.0 Å². The number of hydrogen-bond donors (Lipinski definition) is 2. The van der Waals surface area contributed by atoms with Crippen LogP contribution in [0.5, 0.6) is 0 Å². The van der Waals surface area contributed by atoms with Crippen molar-refractivity contribution in [1.82, 2.24) is 5.32 Å². The summed E-state index contributed by atoms with van der Waals surface area (Å²) >= 11 is 0. The Morgan fingerprint density at radius 3 is 2.47 bits per heavy atom. The van der Waals surface area contributed by atoms with Gasteiger partial charge in [-0.3, -0.25) is 9.59 Å². The lowest BCUT2D eigenvalue weighted by Crippen LogP contribution is -2.45. The van der Waals surface area contributed by atoms with E-state index in [0.29, 0.717) is 0 Å². The molecule has 0 fully saturated rings. The van der Waals surface area contributed by atoms with Crippen LogP contribution in [0.2, 0.25) is 0 Å². The third kappa shape index (κ3) is 4.32. The Balaban J connectivity index is 2.70. The van der Waals surface area contributed by atoms with Crippen LogP contribution < -0.4 is 11.1 Å². The zero-order valence-corrected chi connectivity index (χ0v) is 9.36. The molecule has 0 saturated heterocycles. The second kappa shape index (κ2) is 6.75. The molecule has 0 spiro atoms. The molecule has 0 aromatic heterocycles. The molecule has 0 unspecified atom stereocenters. The molecule has 1 atom stereocenters. The van der Waals surface area contributed by atoms with E-state index in [1.165, 1.54) is 0 Å². The highest BCUT2D eigenvalue weighted by Crippen LogP contribution is 2.04. The number of carbonyl (C=O) groups is 2. The maximum atomic E-state index is 12.4. The van der Waals surface area contributed by atoms with Gasteiger partial charge in [0.2, 0.25) is 5.91 Å². The van der Waals surface area contributed by atoms with Crippen molar-refractivity contribution >= 4 is 11.7 Å². The highest BCUT2D eigenvalue weighted by molar-refractivity contribution is 5.90. The van der Waals surface area contributed by atoms with Gasteiger partial charge in [-0.15, -0.1) is 0 Å². The maximum absolute atomic E-state index is 12.4. The summed E-state index contributed by atoms with van der Waals surface area (Å²) in [5, 5.41) is 2.41. The van der Waals surface area contributed by atoms with Crippen LogP contribution in [-0.4, -0.2) is 31.0 Å². The Bertz CT molecular complexity index is 381. The SMILES string of the molecule is NCC(=O)N[C@@H](Cc1ccccc1)C(=O)CF. The van der Waals surface area contributed by atoms with Crippen LogP contribution in [-0.2, 0) is 16.0 Å². The first kappa shape index (κ1) is 13.3. The van der Waals surface area contributed by atoms with E-state index >= 15 is 0 Å². The van der Waals surface area contributed by atoms with Crippen molar-refractivity contribution in [3.8, 4) is 0 Å². The number of nitrogens with two attached hydrogens (primary N) is 1. The largest absolute Gasteiger partial charge is 0.345 e. The summed E-state index contributed by atoms with van der Waals surface area (Å²) in [5.74, 6) is -1.11. The van der Waals surface area contributed by atoms with Gasteiger partial charge in [0.1, 0.15) is 6.67 Å². The highest BCUT2D eigenvalue weighted by Gasteiger charge is 2.20. The minimum Gasteiger partial charge on any atom is -0.345 e. The molecular weight excluding hydrogens is 223 g/mol. The molecule has 0 aliphatic carbocycles. The normalized spacial score (nSPS) is 11.9. The molecule has 5 heteroatoms. The average molecular weight is 238 g/mol. The second-order valence-corrected chi connectivity index (χ2v) is 3.61. The van der Waals surface area contributed by atoms with E-state index < -0.39 is 24.4 Å². The number of halogens is 1. The van der Waals surface area contributed by atoms with Gasteiger partial charge in [-0.1, -0.05) is 30.3 Å². The summed E-state index contributed by atoms with van der Waals surface area (Å²) < 4.78 is 12.4. The van der Waals surface area contributed by atoms with Gasteiger partial charge in [0, 0.05) is 0 Å². The number of ketones is 1. The summed E-state index contributed by atoms with van der Waals surface area (Å²) in [4.78, 5) is 22.5. The van der Waals surface area contributed by atoms with Gasteiger partial charge in [-0.25, -0.2) is 4.39 Å². The third-order valence-electron chi connectivity index (χ3n) is 2.32. The molecule has 0 heterocycles. The van der Waals surface area contributed by atoms with Gasteiger partial charge < -0.3 is 11.1 Å². The van der Waals surface area contributed by atoms with Gasteiger partial charge in [-0.05, 0) is 12.0 Å². The number of rotatable bonds is 6. The van der Waals surface area contributed by atoms with Gasteiger partial charge >= 0.3 is 0 Å². The lowest BCUT2D eigenvalue weighted by atomic mass is 10.0. The summed E-state index contributed by atoms with van der Waals surface area (Å²) in [6.45, 7) is -1.31. The quantitative estimate of drug-likeness (QED) is 0.744. The number of alkyl halides is 1.